The maximum Gasteiger partial charge on any atom is 0.275 e. The summed E-state index contributed by atoms with van der Waals surface area (Å²) >= 11 is 0. The highest BCUT2D eigenvalue weighted by atomic mass is 32.2. The van der Waals surface area contributed by atoms with Gasteiger partial charge in [0.05, 0.1) is 27.6 Å². The molecule has 2 aromatic rings. The van der Waals surface area contributed by atoms with Gasteiger partial charge < -0.3 is 5.32 Å². The van der Waals surface area contributed by atoms with Crippen LogP contribution >= 0.6 is 0 Å². The third-order valence-electron chi connectivity index (χ3n) is 4.84. The highest BCUT2D eigenvalue weighted by molar-refractivity contribution is 7.91. The molecule has 0 saturated heterocycles. The Labute approximate surface area is 163 Å². The van der Waals surface area contributed by atoms with Crippen LogP contribution in [0.1, 0.15) is 25.0 Å². The highest BCUT2D eigenvalue weighted by Crippen LogP contribution is 2.37. The van der Waals surface area contributed by atoms with E-state index in [0.717, 1.165) is 22.4 Å². The number of hydrogen-bond donors (Lipinski definition) is 2. The maximum atomic E-state index is 12.3. The van der Waals surface area contributed by atoms with Crippen LogP contribution in [0.3, 0.4) is 0 Å². The number of sulfone groups is 1. The van der Waals surface area contributed by atoms with Gasteiger partial charge in [-0.05, 0) is 42.3 Å². The molecule has 0 radical (unpaired) electrons. The van der Waals surface area contributed by atoms with Gasteiger partial charge in [-0.3, -0.25) is 4.79 Å². The smallest absolute Gasteiger partial charge is 0.275 e. The van der Waals surface area contributed by atoms with Gasteiger partial charge in [-0.2, -0.15) is 5.10 Å². The highest BCUT2D eigenvalue weighted by Gasteiger charge is 2.26. The number of allylic oxidation sites excluding steroid dienone is 1. The van der Waals surface area contributed by atoms with Crippen molar-refractivity contribution in [2.45, 2.75) is 18.7 Å². The van der Waals surface area contributed by atoms with E-state index in [1.165, 1.54) is 0 Å². The lowest BCUT2D eigenvalue weighted by atomic mass is 9.91. The Bertz CT molecular complexity index is 1190. The van der Waals surface area contributed by atoms with E-state index < -0.39 is 9.84 Å². The van der Waals surface area contributed by atoms with Crippen molar-refractivity contribution in [2.75, 3.05) is 11.1 Å². The summed E-state index contributed by atoms with van der Waals surface area (Å²) in [5.74, 6) is -0.226. The van der Waals surface area contributed by atoms with Crippen LogP contribution in [-0.2, 0) is 14.6 Å². The van der Waals surface area contributed by atoms with Crippen LogP contribution in [0.25, 0.3) is 5.57 Å². The van der Waals surface area contributed by atoms with Crippen molar-refractivity contribution in [1.29, 1.82) is 0 Å². The first-order chi connectivity index (χ1) is 13.4. The lowest BCUT2D eigenvalue weighted by Crippen LogP contribution is -2.19. The zero-order valence-electron chi connectivity index (χ0n) is 15.5. The molecule has 4 rings (SSSR count). The van der Waals surface area contributed by atoms with Crippen LogP contribution < -0.4 is 10.7 Å². The average Bonchev–Trinajstić information content (AvgIpc) is 3.05. The summed E-state index contributed by atoms with van der Waals surface area (Å²) in [6.45, 7) is 3.40. The summed E-state index contributed by atoms with van der Waals surface area (Å²) < 4.78 is 24.7. The molecule has 0 unspecified atom stereocenters. The molecule has 2 aromatic carbocycles. The molecular formula is C21H19N3O3S. The molecule has 0 aliphatic carbocycles. The number of rotatable bonds is 3. The lowest BCUT2D eigenvalue weighted by Gasteiger charge is -2.23. The number of carbonyl (C=O) groups excluding carboxylic acids is 1. The second-order valence-corrected chi connectivity index (χ2v) is 8.86. The number of benzene rings is 2. The van der Waals surface area contributed by atoms with Crippen molar-refractivity contribution in [1.82, 2.24) is 5.43 Å². The number of para-hydroxylation sites is 1. The number of amides is 1. The molecule has 0 spiro atoms. The summed E-state index contributed by atoms with van der Waals surface area (Å²) in [6, 6.07) is 14.6. The van der Waals surface area contributed by atoms with Gasteiger partial charge in [0.1, 0.15) is 0 Å². The molecule has 2 N–H and O–H groups in total. The molecule has 6 nitrogen and oxygen atoms in total. The standard InChI is InChI=1S/C21H19N3O3S/c1-3-28(26,27)15-8-6-7-14(11-15)17-12-19(20-13(2)23-24-21(20)25)22-18-10-5-4-9-16(17)18/h4-12,22H,3H2,1-2H3,(H,24,25)/b20-19-. The third-order valence-corrected chi connectivity index (χ3v) is 6.58. The fourth-order valence-electron chi connectivity index (χ4n) is 3.36. The van der Waals surface area contributed by atoms with Crippen LogP contribution in [-0.4, -0.2) is 25.8 Å². The summed E-state index contributed by atoms with van der Waals surface area (Å²) in [6.07, 6.45) is 1.87. The normalized spacial score (nSPS) is 18.7. The predicted octanol–water partition coefficient (Wildman–Crippen LogP) is 3.10. The zero-order chi connectivity index (χ0) is 19.9. The Morgan fingerprint density at radius 3 is 2.57 bits per heavy atom. The van der Waals surface area contributed by atoms with Gasteiger partial charge in [0, 0.05) is 11.3 Å². The van der Waals surface area contributed by atoms with Crippen molar-refractivity contribution in [2.24, 2.45) is 5.10 Å². The van der Waals surface area contributed by atoms with Gasteiger partial charge in [-0.15, -0.1) is 0 Å². The predicted molar refractivity (Wildman–Crippen MR) is 110 cm³/mol. The van der Waals surface area contributed by atoms with E-state index in [1.807, 2.05) is 36.4 Å². The van der Waals surface area contributed by atoms with E-state index in [4.69, 9.17) is 0 Å². The van der Waals surface area contributed by atoms with Crippen LogP contribution in [0, 0.1) is 0 Å². The third kappa shape index (κ3) is 3.03. The molecule has 0 saturated carbocycles. The molecule has 7 heteroatoms. The number of anilines is 1. The largest absolute Gasteiger partial charge is 0.354 e. The van der Waals surface area contributed by atoms with Gasteiger partial charge in [0.25, 0.3) is 5.91 Å². The molecule has 28 heavy (non-hydrogen) atoms. The molecule has 1 amide bonds. The Balaban J connectivity index is 1.94. The molecule has 0 atom stereocenters. The Morgan fingerprint density at radius 1 is 1.07 bits per heavy atom. The SMILES string of the molecule is CCS(=O)(=O)c1cccc(C2=C/C(=C3/C(=O)NN=C3C)Nc3ccccc32)c1. The van der Waals surface area contributed by atoms with Gasteiger partial charge in [0.2, 0.25) is 0 Å². The molecule has 142 valence electrons. The van der Waals surface area contributed by atoms with E-state index in [-0.39, 0.29) is 16.6 Å². The van der Waals surface area contributed by atoms with Crippen molar-refractivity contribution in [3.05, 3.63) is 77.0 Å². The van der Waals surface area contributed by atoms with Crippen LogP contribution in [0.2, 0.25) is 0 Å². The second-order valence-electron chi connectivity index (χ2n) is 6.59. The van der Waals surface area contributed by atoms with Crippen molar-refractivity contribution in [3.8, 4) is 0 Å². The van der Waals surface area contributed by atoms with Crippen molar-refractivity contribution < 1.29 is 13.2 Å². The van der Waals surface area contributed by atoms with Crippen LogP contribution in [0.4, 0.5) is 5.69 Å². The number of nitrogens with one attached hydrogen (secondary N) is 2. The van der Waals surface area contributed by atoms with Crippen LogP contribution in [0.5, 0.6) is 0 Å². The van der Waals surface area contributed by atoms with Gasteiger partial charge in [-0.25, -0.2) is 13.8 Å². The minimum atomic E-state index is -3.32. The first-order valence-electron chi connectivity index (χ1n) is 8.91. The van der Waals surface area contributed by atoms with Crippen LogP contribution in [0.15, 0.2) is 75.9 Å². The minimum Gasteiger partial charge on any atom is -0.354 e. The second kappa shape index (κ2) is 6.76. The fourth-order valence-corrected chi connectivity index (χ4v) is 4.28. The fraction of sp³-hybridized carbons (Fsp3) is 0.143. The van der Waals surface area contributed by atoms with E-state index in [2.05, 4.69) is 15.8 Å². The summed E-state index contributed by atoms with van der Waals surface area (Å²) in [4.78, 5) is 12.5. The van der Waals surface area contributed by atoms with E-state index in [9.17, 15) is 13.2 Å². The molecule has 0 bridgehead atoms. The first-order valence-corrected chi connectivity index (χ1v) is 10.6. The Hall–Kier alpha value is -3.19. The average molecular weight is 393 g/mol. The monoisotopic (exact) mass is 393 g/mol. The van der Waals surface area contributed by atoms with E-state index >= 15 is 0 Å². The topological polar surface area (TPSA) is 87.6 Å². The maximum absolute atomic E-state index is 12.3. The number of carbonyl (C=O) groups is 1. The Morgan fingerprint density at radius 2 is 1.86 bits per heavy atom. The lowest BCUT2D eigenvalue weighted by molar-refractivity contribution is -0.116. The Kier molecular flexibility index (Phi) is 4.39. The molecule has 0 aromatic heterocycles. The molecule has 0 fully saturated rings. The summed E-state index contributed by atoms with van der Waals surface area (Å²) in [5.41, 5.74) is 7.59. The molecular weight excluding hydrogens is 374 g/mol. The van der Waals surface area contributed by atoms with Crippen molar-refractivity contribution in [3.63, 3.8) is 0 Å². The minimum absolute atomic E-state index is 0.0405. The first kappa shape index (κ1) is 18.2. The zero-order valence-corrected chi connectivity index (χ0v) is 16.3. The van der Waals surface area contributed by atoms with Gasteiger partial charge in [-0.1, -0.05) is 37.3 Å². The summed E-state index contributed by atoms with van der Waals surface area (Å²) in [5, 5.41) is 7.29. The molecule has 2 aliphatic heterocycles. The quantitative estimate of drug-likeness (QED) is 0.785. The molecule has 2 aliphatic rings. The number of hydrazone groups is 1. The summed E-state index contributed by atoms with van der Waals surface area (Å²) in [7, 11) is -3.32. The number of fused-ring (bicyclic) bond motifs is 1. The van der Waals surface area contributed by atoms with Gasteiger partial charge >= 0.3 is 0 Å². The van der Waals surface area contributed by atoms with Gasteiger partial charge in [0.15, 0.2) is 9.84 Å². The van der Waals surface area contributed by atoms with E-state index in [0.29, 0.717) is 17.0 Å². The molecule has 2 heterocycles. The van der Waals surface area contributed by atoms with Crippen molar-refractivity contribution >= 4 is 32.7 Å². The number of hydrogen-bond acceptors (Lipinski definition) is 5. The number of nitrogens with zero attached hydrogens (tertiary/aromatic N) is 1. The van der Waals surface area contributed by atoms with E-state index in [1.54, 1.807) is 32.0 Å².